The maximum absolute atomic E-state index is 11.3. The summed E-state index contributed by atoms with van der Waals surface area (Å²) in [5.74, 6) is 0.596. The zero-order valence-electron chi connectivity index (χ0n) is 13.4. The Morgan fingerprint density at radius 3 is 2.73 bits per heavy atom. The van der Waals surface area contributed by atoms with Crippen LogP contribution in [0.2, 0.25) is 0 Å². The van der Waals surface area contributed by atoms with Crippen molar-refractivity contribution in [2.75, 3.05) is 20.3 Å². The molecule has 1 rings (SSSR count). The number of esters is 1. The third-order valence-corrected chi connectivity index (χ3v) is 4.19. The van der Waals surface area contributed by atoms with E-state index >= 15 is 0 Å². The number of ether oxygens (including phenoxy) is 2. The van der Waals surface area contributed by atoms with Gasteiger partial charge in [0.05, 0.1) is 11.6 Å². The van der Waals surface area contributed by atoms with Gasteiger partial charge in [0.2, 0.25) is 0 Å². The molecule has 0 spiro atoms. The minimum atomic E-state index is -0.186. The molecule has 0 aromatic heterocycles. The highest BCUT2D eigenvalue weighted by Crippen LogP contribution is 2.34. The van der Waals surface area contributed by atoms with Crippen LogP contribution in [0.25, 0.3) is 0 Å². The molecule has 1 aromatic rings. The summed E-state index contributed by atoms with van der Waals surface area (Å²) in [7, 11) is 1.41. The monoisotopic (exact) mass is 369 g/mol. The molecule has 0 amide bonds. The number of rotatable bonds is 8. The summed E-state index contributed by atoms with van der Waals surface area (Å²) < 4.78 is 11.4. The third-order valence-electron chi connectivity index (χ3n) is 3.53. The van der Waals surface area contributed by atoms with Crippen molar-refractivity contribution in [3.05, 3.63) is 40.4 Å². The fraction of sp³-hybridized carbons (Fsp3) is 0.471. The van der Waals surface area contributed by atoms with Gasteiger partial charge in [-0.1, -0.05) is 32.1 Å². The lowest BCUT2D eigenvalue weighted by Gasteiger charge is -2.25. The van der Waals surface area contributed by atoms with E-state index in [1.807, 2.05) is 30.4 Å². The van der Waals surface area contributed by atoms with Gasteiger partial charge in [0.1, 0.15) is 12.4 Å². The molecule has 4 nitrogen and oxygen atoms in total. The van der Waals surface area contributed by atoms with Crippen LogP contribution < -0.4 is 10.5 Å². The van der Waals surface area contributed by atoms with Crippen LogP contribution >= 0.6 is 15.9 Å². The highest BCUT2D eigenvalue weighted by Gasteiger charge is 2.23. The van der Waals surface area contributed by atoms with Crippen molar-refractivity contribution in [2.45, 2.75) is 32.1 Å². The number of benzene rings is 1. The fourth-order valence-electron chi connectivity index (χ4n) is 2.00. The molecule has 0 heterocycles. The predicted octanol–water partition coefficient (Wildman–Crippen LogP) is 3.57. The van der Waals surface area contributed by atoms with Crippen LogP contribution in [0.1, 0.15) is 32.3 Å². The van der Waals surface area contributed by atoms with Gasteiger partial charge < -0.3 is 15.2 Å². The van der Waals surface area contributed by atoms with E-state index in [-0.39, 0.29) is 11.4 Å². The van der Waals surface area contributed by atoms with Crippen molar-refractivity contribution in [1.29, 1.82) is 0 Å². The maximum atomic E-state index is 11.3. The van der Waals surface area contributed by atoms with Crippen LogP contribution in [-0.2, 0) is 14.9 Å². The van der Waals surface area contributed by atoms with Crippen molar-refractivity contribution in [3.8, 4) is 5.75 Å². The van der Waals surface area contributed by atoms with E-state index in [2.05, 4.69) is 29.8 Å². The topological polar surface area (TPSA) is 61.5 Å². The third kappa shape index (κ3) is 5.81. The SMILES string of the molecule is COC(=O)CCC(C)(C)c1ccc(Br)c(OC/C=C\CN)c1. The lowest BCUT2D eigenvalue weighted by Crippen LogP contribution is -2.19. The first-order valence-electron chi connectivity index (χ1n) is 7.25. The van der Waals surface area contributed by atoms with Gasteiger partial charge in [0.25, 0.3) is 0 Å². The molecule has 0 fully saturated rings. The van der Waals surface area contributed by atoms with E-state index in [1.165, 1.54) is 7.11 Å². The summed E-state index contributed by atoms with van der Waals surface area (Å²) >= 11 is 3.49. The highest BCUT2D eigenvalue weighted by atomic mass is 79.9. The second-order valence-electron chi connectivity index (χ2n) is 5.62. The van der Waals surface area contributed by atoms with Crippen molar-refractivity contribution in [1.82, 2.24) is 0 Å². The van der Waals surface area contributed by atoms with Gasteiger partial charge in [-0.2, -0.15) is 0 Å². The fourth-order valence-corrected chi connectivity index (χ4v) is 2.36. The summed E-state index contributed by atoms with van der Waals surface area (Å²) in [5.41, 5.74) is 6.38. The van der Waals surface area contributed by atoms with Crippen LogP contribution in [0.5, 0.6) is 5.75 Å². The van der Waals surface area contributed by atoms with Crippen LogP contribution in [0.4, 0.5) is 0 Å². The van der Waals surface area contributed by atoms with Gasteiger partial charge in [0.15, 0.2) is 0 Å². The van der Waals surface area contributed by atoms with E-state index < -0.39 is 0 Å². The van der Waals surface area contributed by atoms with Crippen LogP contribution in [0.3, 0.4) is 0 Å². The molecule has 0 saturated heterocycles. The van der Waals surface area contributed by atoms with Crippen molar-refractivity contribution >= 4 is 21.9 Å². The minimum Gasteiger partial charge on any atom is -0.488 e. The van der Waals surface area contributed by atoms with Crippen molar-refractivity contribution in [3.63, 3.8) is 0 Å². The Morgan fingerprint density at radius 1 is 1.36 bits per heavy atom. The molecule has 0 aliphatic heterocycles. The Balaban J connectivity index is 2.81. The lowest BCUT2D eigenvalue weighted by atomic mass is 9.80. The Hall–Kier alpha value is -1.33. The predicted molar refractivity (Wildman–Crippen MR) is 92.1 cm³/mol. The van der Waals surface area contributed by atoms with Gasteiger partial charge >= 0.3 is 5.97 Å². The molecule has 5 heteroatoms. The van der Waals surface area contributed by atoms with Gasteiger partial charge in [-0.15, -0.1) is 0 Å². The molecule has 1 aromatic carbocycles. The quantitative estimate of drug-likeness (QED) is 0.561. The number of nitrogens with two attached hydrogens (primary N) is 1. The first kappa shape index (κ1) is 18.7. The van der Waals surface area contributed by atoms with E-state index in [9.17, 15) is 4.79 Å². The van der Waals surface area contributed by atoms with Crippen molar-refractivity contribution < 1.29 is 14.3 Å². The molecule has 0 aliphatic carbocycles. The Kier molecular flexibility index (Phi) is 7.62. The minimum absolute atomic E-state index is 0.139. The number of hydrogen-bond donors (Lipinski definition) is 1. The summed E-state index contributed by atoms with van der Waals surface area (Å²) in [6, 6.07) is 6.03. The first-order chi connectivity index (χ1) is 10.4. The van der Waals surface area contributed by atoms with Crippen molar-refractivity contribution in [2.24, 2.45) is 5.73 Å². The van der Waals surface area contributed by atoms with Gasteiger partial charge in [-0.05, 0) is 45.5 Å². The molecule has 0 unspecified atom stereocenters. The van der Waals surface area contributed by atoms with Crippen LogP contribution in [0, 0.1) is 0 Å². The number of hydrogen-bond acceptors (Lipinski definition) is 4. The zero-order valence-corrected chi connectivity index (χ0v) is 15.0. The van der Waals surface area contributed by atoms with E-state index in [0.29, 0.717) is 26.0 Å². The van der Waals surface area contributed by atoms with Gasteiger partial charge in [-0.3, -0.25) is 4.79 Å². The van der Waals surface area contributed by atoms with Crippen LogP contribution in [0.15, 0.2) is 34.8 Å². The Bertz CT molecular complexity index is 527. The largest absolute Gasteiger partial charge is 0.488 e. The van der Waals surface area contributed by atoms with E-state index in [4.69, 9.17) is 15.2 Å². The number of carbonyl (C=O) groups excluding carboxylic acids is 1. The van der Waals surface area contributed by atoms with E-state index in [0.717, 1.165) is 15.8 Å². The molecule has 0 atom stereocenters. The van der Waals surface area contributed by atoms with Gasteiger partial charge in [-0.25, -0.2) is 0 Å². The van der Waals surface area contributed by atoms with E-state index in [1.54, 1.807) is 0 Å². The molecule has 122 valence electrons. The second-order valence-corrected chi connectivity index (χ2v) is 6.48. The number of carbonyl (C=O) groups is 1. The van der Waals surface area contributed by atoms with Gasteiger partial charge in [0, 0.05) is 13.0 Å². The smallest absolute Gasteiger partial charge is 0.305 e. The average molecular weight is 370 g/mol. The summed E-state index contributed by atoms with van der Waals surface area (Å²) in [5, 5.41) is 0. The molecular weight excluding hydrogens is 346 g/mol. The Morgan fingerprint density at radius 2 is 2.09 bits per heavy atom. The number of methoxy groups -OCH3 is 1. The molecule has 0 bridgehead atoms. The molecule has 0 saturated carbocycles. The average Bonchev–Trinajstić information content (AvgIpc) is 2.50. The zero-order chi connectivity index (χ0) is 16.6. The highest BCUT2D eigenvalue weighted by molar-refractivity contribution is 9.10. The molecule has 0 radical (unpaired) electrons. The second kappa shape index (κ2) is 8.96. The van der Waals surface area contributed by atoms with Crippen LogP contribution in [-0.4, -0.2) is 26.2 Å². The standard InChI is InChI=1S/C17H24BrNO3/c1-17(2,9-8-16(20)21-3)13-6-7-14(18)15(12-13)22-11-5-4-10-19/h4-7,12H,8-11,19H2,1-3H3/b5-4-. The number of halogens is 1. The Labute approximate surface area is 140 Å². The molecule has 22 heavy (non-hydrogen) atoms. The normalized spacial score (nSPS) is 11.7. The summed E-state index contributed by atoms with van der Waals surface area (Å²) in [4.78, 5) is 11.3. The maximum Gasteiger partial charge on any atom is 0.305 e. The summed E-state index contributed by atoms with van der Waals surface area (Å²) in [6.07, 6.45) is 4.86. The first-order valence-corrected chi connectivity index (χ1v) is 8.04. The molecule has 2 N–H and O–H groups in total. The lowest BCUT2D eigenvalue weighted by molar-refractivity contribution is -0.141. The summed E-state index contributed by atoms with van der Waals surface area (Å²) in [6.45, 7) is 5.20. The molecule has 0 aliphatic rings. The molecular formula is C17H24BrNO3.